The number of rotatable bonds is 1. The van der Waals surface area contributed by atoms with Crippen LogP contribution in [0, 0.1) is 0 Å². The van der Waals surface area contributed by atoms with Crippen molar-refractivity contribution < 1.29 is 15.0 Å². The Labute approximate surface area is 89.4 Å². The molecule has 3 heteroatoms. The summed E-state index contributed by atoms with van der Waals surface area (Å²) in [5, 5.41) is 19.0. The van der Waals surface area contributed by atoms with Crippen LogP contribution in [-0.2, 0) is 5.41 Å². The van der Waals surface area contributed by atoms with Gasteiger partial charge in [0.05, 0.1) is 5.56 Å². The van der Waals surface area contributed by atoms with E-state index >= 15 is 0 Å². The molecule has 0 aliphatic heterocycles. The second-order valence-electron chi connectivity index (χ2n) is 4.70. The topological polar surface area (TPSA) is 57.5 Å². The van der Waals surface area contributed by atoms with Gasteiger partial charge in [-0.15, -0.1) is 0 Å². The van der Waals surface area contributed by atoms with E-state index in [1.54, 1.807) is 6.07 Å². The molecule has 0 saturated heterocycles. The molecule has 0 aliphatic carbocycles. The molecule has 1 aromatic carbocycles. The second-order valence-corrected chi connectivity index (χ2v) is 4.70. The molecule has 0 unspecified atom stereocenters. The molecule has 0 amide bonds. The Balaban J connectivity index is 3.43. The summed E-state index contributed by atoms with van der Waals surface area (Å²) < 4.78 is 0. The zero-order valence-corrected chi connectivity index (χ0v) is 9.46. The van der Waals surface area contributed by atoms with E-state index < -0.39 is 0 Å². The van der Waals surface area contributed by atoms with Gasteiger partial charge in [0.15, 0.2) is 17.3 Å². The summed E-state index contributed by atoms with van der Waals surface area (Å²) in [6, 6.07) is 3.11. The van der Waals surface area contributed by atoms with Gasteiger partial charge in [-0.3, -0.25) is 4.79 Å². The van der Waals surface area contributed by atoms with Crippen LogP contribution in [0.3, 0.4) is 0 Å². The van der Waals surface area contributed by atoms with E-state index in [1.807, 2.05) is 20.8 Å². The minimum atomic E-state index is -0.337. The number of benzene rings is 1. The number of carbonyl (C=O) groups excluding carboxylic acids is 1. The first kappa shape index (κ1) is 11.6. The van der Waals surface area contributed by atoms with Crippen molar-refractivity contribution in [2.24, 2.45) is 0 Å². The van der Waals surface area contributed by atoms with Gasteiger partial charge < -0.3 is 10.2 Å². The Bertz CT molecular complexity index is 400. The normalized spacial score (nSPS) is 11.5. The van der Waals surface area contributed by atoms with Crippen LogP contribution in [0.5, 0.6) is 11.5 Å². The Morgan fingerprint density at radius 1 is 1.20 bits per heavy atom. The Hall–Kier alpha value is -1.51. The van der Waals surface area contributed by atoms with Crippen LogP contribution in [0.15, 0.2) is 12.1 Å². The molecule has 2 N–H and O–H groups in total. The summed E-state index contributed by atoms with van der Waals surface area (Å²) in [5.74, 6) is -0.836. The fourth-order valence-corrected chi connectivity index (χ4v) is 1.32. The fraction of sp³-hybridized carbons (Fsp3) is 0.417. The molecule has 82 valence electrons. The van der Waals surface area contributed by atoms with E-state index in [4.69, 9.17) is 0 Å². The van der Waals surface area contributed by atoms with Crippen molar-refractivity contribution in [2.45, 2.75) is 33.1 Å². The van der Waals surface area contributed by atoms with Gasteiger partial charge in [0.2, 0.25) is 0 Å². The van der Waals surface area contributed by atoms with Crippen LogP contribution in [-0.4, -0.2) is 16.0 Å². The lowest BCUT2D eigenvalue weighted by Crippen LogP contribution is -2.12. The summed E-state index contributed by atoms with van der Waals surface area (Å²) in [6.45, 7) is 7.29. The third kappa shape index (κ3) is 2.29. The van der Waals surface area contributed by atoms with Crippen molar-refractivity contribution in [2.75, 3.05) is 0 Å². The van der Waals surface area contributed by atoms with Crippen LogP contribution in [0.4, 0.5) is 0 Å². The zero-order chi connectivity index (χ0) is 11.8. The van der Waals surface area contributed by atoms with Gasteiger partial charge in [-0.25, -0.2) is 0 Å². The minimum Gasteiger partial charge on any atom is -0.504 e. The van der Waals surface area contributed by atoms with Crippen molar-refractivity contribution in [3.63, 3.8) is 0 Å². The molecule has 0 bridgehead atoms. The highest BCUT2D eigenvalue weighted by atomic mass is 16.3. The molecule has 0 saturated carbocycles. The summed E-state index contributed by atoms with van der Waals surface area (Å²) in [6.07, 6.45) is 0. The number of Topliss-reactive ketones (excluding diaryl/α,β-unsaturated/α-hetero) is 1. The van der Waals surface area contributed by atoms with E-state index in [9.17, 15) is 15.0 Å². The molecule has 1 rings (SSSR count). The van der Waals surface area contributed by atoms with Crippen molar-refractivity contribution in [1.82, 2.24) is 0 Å². The van der Waals surface area contributed by atoms with Crippen LogP contribution in [0.1, 0.15) is 43.6 Å². The molecule has 0 heterocycles. The maximum Gasteiger partial charge on any atom is 0.168 e. The third-order valence-corrected chi connectivity index (χ3v) is 2.34. The lowest BCUT2D eigenvalue weighted by atomic mass is 9.85. The molecule has 0 spiro atoms. The van der Waals surface area contributed by atoms with Crippen molar-refractivity contribution in [1.29, 1.82) is 0 Å². The number of ketones is 1. The molecule has 0 atom stereocenters. The SMILES string of the molecule is CC(=O)c1cc(C(C)(C)C)cc(O)c1O. The highest BCUT2D eigenvalue weighted by Gasteiger charge is 2.19. The fourth-order valence-electron chi connectivity index (χ4n) is 1.32. The van der Waals surface area contributed by atoms with Gasteiger partial charge in [0.25, 0.3) is 0 Å². The minimum absolute atomic E-state index is 0.167. The summed E-state index contributed by atoms with van der Waals surface area (Å²) in [7, 11) is 0. The van der Waals surface area contributed by atoms with Gasteiger partial charge in [0.1, 0.15) is 0 Å². The van der Waals surface area contributed by atoms with Crippen LogP contribution in [0.25, 0.3) is 0 Å². The van der Waals surface area contributed by atoms with E-state index in [-0.39, 0.29) is 28.3 Å². The second kappa shape index (κ2) is 3.57. The maximum atomic E-state index is 11.2. The molecule has 0 radical (unpaired) electrons. The van der Waals surface area contributed by atoms with Gasteiger partial charge in [-0.05, 0) is 30.0 Å². The maximum absolute atomic E-state index is 11.2. The number of phenolic OH excluding ortho intramolecular Hbond substituents is 2. The molecular formula is C12H16O3. The first-order chi connectivity index (χ1) is 6.73. The number of aromatic hydroxyl groups is 2. The number of hydrogen-bond donors (Lipinski definition) is 2. The Morgan fingerprint density at radius 2 is 1.73 bits per heavy atom. The number of phenols is 2. The van der Waals surface area contributed by atoms with Crippen LogP contribution < -0.4 is 0 Å². The summed E-state index contributed by atoms with van der Waals surface area (Å²) in [5.41, 5.74) is 0.818. The van der Waals surface area contributed by atoms with E-state index in [2.05, 4.69) is 0 Å². The summed E-state index contributed by atoms with van der Waals surface area (Å²) in [4.78, 5) is 11.2. The molecular weight excluding hydrogens is 192 g/mol. The summed E-state index contributed by atoms with van der Waals surface area (Å²) >= 11 is 0. The highest BCUT2D eigenvalue weighted by Crippen LogP contribution is 2.35. The Kier molecular flexibility index (Phi) is 2.75. The molecule has 0 fully saturated rings. The van der Waals surface area contributed by atoms with E-state index in [0.29, 0.717) is 0 Å². The first-order valence-corrected chi connectivity index (χ1v) is 4.81. The zero-order valence-electron chi connectivity index (χ0n) is 9.46. The van der Waals surface area contributed by atoms with Crippen molar-refractivity contribution in [3.05, 3.63) is 23.3 Å². The van der Waals surface area contributed by atoms with Crippen LogP contribution >= 0.6 is 0 Å². The highest BCUT2D eigenvalue weighted by molar-refractivity contribution is 5.97. The largest absolute Gasteiger partial charge is 0.504 e. The quantitative estimate of drug-likeness (QED) is 0.551. The standard InChI is InChI=1S/C12H16O3/c1-7(13)9-5-8(12(2,3)4)6-10(14)11(9)15/h5-6,14-15H,1-4H3. The van der Waals surface area contributed by atoms with Gasteiger partial charge >= 0.3 is 0 Å². The lowest BCUT2D eigenvalue weighted by molar-refractivity contribution is 0.101. The molecule has 1 aromatic rings. The molecule has 0 aliphatic rings. The average Bonchev–Trinajstić information content (AvgIpc) is 2.06. The predicted molar refractivity (Wildman–Crippen MR) is 58.5 cm³/mol. The van der Waals surface area contributed by atoms with Gasteiger partial charge in [-0.2, -0.15) is 0 Å². The predicted octanol–water partition coefficient (Wildman–Crippen LogP) is 2.60. The number of carbonyl (C=O) groups is 1. The monoisotopic (exact) mass is 208 g/mol. The van der Waals surface area contributed by atoms with E-state index in [1.165, 1.54) is 13.0 Å². The first-order valence-electron chi connectivity index (χ1n) is 4.81. The Morgan fingerprint density at radius 3 is 2.13 bits per heavy atom. The smallest absolute Gasteiger partial charge is 0.168 e. The van der Waals surface area contributed by atoms with Crippen molar-refractivity contribution in [3.8, 4) is 11.5 Å². The van der Waals surface area contributed by atoms with Crippen molar-refractivity contribution >= 4 is 5.78 Å². The third-order valence-electron chi connectivity index (χ3n) is 2.34. The lowest BCUT2D eigenvalue weighted by Gasteiger charge is -2.20. The molecule has 0 aromatic heterocycles. The van der Waals surface area contributed by atoms with Gasteiger partial charge in [0, 0.05) is 0 Å². The van der Waals surface area contributed by atoms with Gasteiger partial charge in [-0.1, -0.05) is 20.8 Å². The van der Waals surface area contributed by atoms with E-state index in [0.717, 1.165) is 5.56 Å². The molecule has 3 nitrogen and oxygen atoms in total. The van der Waals surface area contributed by atoms with Crippen LogP contribution in [0.2, 0.25) is 0 Å². The average molecular weight is 208 g/mol. The molecule has 15 heavy (non-hydrogen) atoms. The number of hydrogen-bond acceptors (Lipinski definition) is 3.